The lowest BCUT2D eigenvalue weighted by Gasteiger charge is -2.35. The number of nitrogens with one attached hydrogen (secondary N) is 2. The SMILES string of the molecule is CCNC(=O)C1CNCCN1C(=O)CCn1ccnn1. The monoisotopic (exact) mass is 280 g/mol. The smallest absolute Gasteiger partial charge is 0.244 e. The van der Waals surface area contributed by atoms with Crippen molar-refractivity contribution in [3.8, 4) is 0 Å². The Morgan fingerprint density at radius 2 is 2.35 bits per heavy atom. The van der Waals surface area contributed by atoms with Crippen LogP contribution in [0.5, 0.6) is 0 Å². The first kappa shape index (κ1) is 14.4. The van der Waals surface area contributed by atoms with Gasteiger partial charge in [-0.1, -0.05) is 5.21 Å². The third-order valence-corrected chi connectivity index (χ3v) is 3.24. The molecule has 2 heterocycles. The Balaban J connectivity index is 1.92. The highest BCUT2D eigenvalue weighted by molar-refractivity contribution is 5.88. The summed E-state index contributed by atoms with van der Waals surface area (Å²) in [4.78, 5) is 25.9. The maximum Gasteiger partial charge on any atom is 0.244 e. The highest BCUT2D eigenvalue weighted by Gasteiger charge is 2.31. The quantitative estimate of drug-likeness (QED) is 0.692. The molecule has 0 saturated carbocycles. The fourth-order valence-corrected chi connectivity index (χ4v) is 2.23. The second-order valence-electron chi connectivity index (χ2n) is 4.62. The molecule has 8 heteroatoms. The van der Waals surface area contributed by atoms with Crippen LogP contribution in [0, 0.1) is 0 Å². The molecule has 1 aliphatic heterocycles. The van der Waals surface area contributed by atoms with Gasteiger partial charge in [-0.3, -0.25) is 14.3 Å². The number of hydrogen-bond donors (Lipinski definition) is 2. The van der Waals surface area contributed by atoms with Gasteiger partial charge in [0.1, 0.15) is 6.04 Å². The van der Waals surface area contributed by atoms with Gasteiger partial charge in [-0.05, 0) is 6.92 Å². The molecule has 1 fully saturated rings. The molecule has 1 aromatic rings. The fourth-order valence-electron chi connectivity index (χ4n) is 2.23. The Hall–Kier alpha value is -1.96. The molecule has 1 aliphatic rings. The van der Waals surface area contributed by atoms with Gasteiger partial charge in [-0.2, -0.15) is 0 Å². The number of hydrogen-bond acceptors (Lipinski definition) is 5. The van der Waals surface area contributed by atoms with Crippen molar-refractivity contribution in [2.45, 2.75) is 25.9 Å². The topological polar surface area (TPSA) is 92.2 Å². The third kappa shape index (κ3) is 3.53. The summed E-state index contributed by atoms with van der Waals surface area (Å²) in [7, 11) is 0. The number of carbonyl (C=O) groups is 2. The Labute approximate surface area is 117 Å². The Morgan fingerprint density at radius 1 is 1.50 bits per heavy atom. The summed E-state index contributed by atoms with van der Waals surface area (Å²) in [5.74, 6) is -0.132. The van der Waals surface area contributed by atoms with E-state index in [4.69, 9.17) is 0 Å². The average molecular weight is 280 g/mol. The predicted octanol–water partition coefficient (Wildman–Crippen LogP) is -1.40. The van der Waals surface area contributed by atoms with Crippen molar-refractivity contribution in [2.75, 3.05) is 26.2 Å². The van der Waals surface area contributed by atoms with Gasteiger partial charge in [-0.25, -0.2) is 0 Å². The molecule has 0 radical (unpaired) electrons. The molecule has 20 heavy (non-hydrogen) atoms. The number of rotatable bonds is 5. The van der Waals surface area contributed by atoms with Crippen molar-refractivity contribution in [2.24, 2.45) is 0 Å². The van der Waals surface area contributed by atoms with E-state index < -0.39 is 6.04 Å². The molecule has 1 unspecified atom stereocenters. The normalized spacial score (nSPS) is 18.9. The summed E-state index contributed by atoms with van der Waals surface area (Å²) < 4.78 is 1.61. The summed E-state index contributed by atoms with van der Waals surface area (Å²) in [6.45, 7) is 4.68. The third-order valence-electron chi connectivity index (χ3n) is 3.24. The van der Waals surface area contributed by atoms with Crippen LogP contribution in [0.4, 0.5) is 0 Å². The molecule has 1 aromatic heterocycles. The van der Waals surface area contributed by atoms with Crippen LogP contribution in [0.1, 0.15) is 13.3 Å². The second kappa shape index (κ2) is 6.99. The van der Waals surface area contributed by atoms with Crippen LogP contribution >= 0.6 is 0 Å². The molecule has 2 amide bonds. The van der Waals surface area contributed by atoms with E-state index in [2.05, 4.69) is 20.9 Å². The number of aryl methyl sites for hydroxylation is 1. The number of amides is 2. The van der Waals surface area contributed by atoms with Crippen LogP contribution in [0.25, 0.3) is 0 Å². The first-order valence-corrected chi connectivity index (χ1v) is 6.84. The zero-order chi connectivity index (χ0) is 14.4. The van der Waals surface area contributed by atoms with Gasteiger partial charge < -0.3 is 15.5 Å². The highest BCUT2D eigenvalue weighted by Crippen LogP contribution is 2.07. The molecular weight excluding hydrogens is 260 g/mol. The molecule has 2 rings (SSSR count). The molecule has 0 aliphatic carbocycles. The highest BCUT2D eigenvalue weighted by atomic mass is 16.2. The van der Waals surface area contributed by atoms with E-state index in [9.17, 15) is 9.59 Å². The van der Waals surface area contributed by atoms with Crippen molar-refractivity contribution >= 4 is 11.8 Å². The van der Waals surface area contributed by atoms with Gasteiger partial charge in [0.05, 0.1) is 12.7 Å². The molecule has 2 N–H and O–H groups in total. The number of nitrogens with zero attached hydrogens (tertiary/aromatic N) is 4. The van der Waals surface area contributed by atoms with Gasteiger partial charge in [0.15, 0.2) is 0 Å². The number of aromatic nitrogens is 3. The van der Waals surface area contributed by atoms with Gasteiger partial charge >= 0.3 is 0 Å². The predicted molar refractivity (Wildman–Crippen MR) is 71.7 cm³/mol. The summed E-state index contributed by atoms with van der Waals surface area (Å²) in [6, 6.07) is -0.424. The molecule has 1 atom stereocenters. The van der Waals surface area contributed by atoms with Crippen molar-refractivity contribution in [3.05, 3.63) is 12.4 Å². The van der Waals surface area contributed by atoms with E-state index in [-0.39, 0.29) is 11.8 Å². The minimum absolute atomic E-state index is 0.0294. The number of piperazine rings is 1. The lowest BCUT2D eigenvalue weighted by Crippen LogP contribution is -2.59. The zero-order valence-electron chi connectivity index (χ0n) is 11.6. The van der Waals surface area contributed by atoms with E-state index in [0.717, 1.165) is 0 Å². The first-order chi connectivity index (χ1) is 9.72. The van der Waals surface area contributed by atoms with Crippen molar-refractivity contribution in [1.82, 2.24) is 30.5 Å². The first-order valence-electron chi connectivity index (χ1n) is 6.84. The standard InChI is InChI=1S/C12H20N6O2/c1-2-14-12(20)10-9-13-4-8-18(10)11(19)3-6-17-7-5-15-16-17/h5,7,10,13H,2-4,6,8-9H2,1H3,(H,14,20). The zero-order valence-corrected chi connectivity index (χ0v) is 11.6. The van der Waals surface area contributed by atoms with Crippen LogP contribution in [0.2, 0.25) is 0 Å². The molecule has 0 aromatic carbocycles. The van der Waals surface area contributed by atoms with Crippen LogP contribution < -0.4 is 10.6 Å². The lowest BCUT2D eigenvalue weighted by atomic mass is 10.1. The van der Waals surface area contributed by atoms with Crippen molar-refractivity contribution in [3.63, 3.8) is 0 Å². The molecule has 0 spiro atoms. The fraction of sp³-hybridized carbons (Fsp3) is 0.667. The van der Waals surface area contributed by atoms with Gasteiger partial charge in [0.25, 0.3) is 0 Å². The Bertz CT molecular complexity index is 447. The van der Waals surface area contributed by atoms with E-state index in [1.54, 1.807) is 22.0 Å². The summed E-state index contributed by atoms with van der Waals surface area (Å²) >= 11 is 0. The maximum atomic E-state index is 12.3. The van der Waals surface area contributed by atoms with Crippen molar-refractivity contribution in [1.29, 1.82) is 0 Å². The van der Waals surface area contributed by atoms with Gasteiger partial charge in [0.2, 0.25) is 11.8 Å². The Kier molecular flexibility index (Phi) is 5.05. The Morgan fingerprint density at radius 3 is 3.05 bits per heavy atom. The summed E-state index contributed by atoms with van der Waals surface area (Å²) in [5.41, 5.74) is 0. The lowest BCUT2D eigenvalue weighted by molar-refractivity contribution is -0.141. The molecule has 110 valence electrons. The van der Waals surface area contributed by atoms with E-state index >= 15 is 0 Å². The van der Waals surface area contributed by atoms with Crippen LogP contribution in [0.15, 0.2) is 12.4 Å². The molecular formula is C12H20N6O2. The largest absolute Gasteiger partial charge is 0.355 e. The average Bonchev–Trinajstić information content (AvgIpc) is 2.98. The van der Waals surface area contributed by atoms with Gasteiger partial charge in [0, 0.05) is 38.8 Å². The minimum Gasteiger partial charge on any atom is -0.355 e. The van der Waals surface area contributed by atoms with Crippen molar-refractivity contribution < 1.29 is 9.59 Å². The molecule has 1 saturated heterocycles. The van der Waals surface area contributed by atoms with Crippen LogP contribution in [0.3, 0.4) is 0 Å². The van der Waals surface area contributed by atoms with Crippen LogP contribution in [-0.4, -0.2) is 63.9 Å². The van der Waals surface area contributed by atoms with E-state index in [1.807, 2.05) is 6.92 Å². The summed E-state index contributed by atoms with van der Waals surface area (Å²) in [5, 5.41) is 13.4. The van der Waals surface area contributed by atoms with E-state index in [0.29, 0.717) is 39.1 Å². The van der Waals surface area contributed by atoms with Crippen LogP contribution in [-0.2, 0) is 16.1 Å². The second-order valence-corrected chi connectivity index (χ2v) is 4.62. The minimum atomic E-state index is -0.424. The van der Waals surface area contributed by atoms with Gasteiger partial charge in [-0.15, -0.1) is 5.10 Å². The number of likely N-dealkylation sites (N-methyl/N-ethyl adjacent to an activating group) is 1. The molecule has 0 bridgehead atoms. The van der Waals surface area contributed by atoms with E-state index in [1.165, 1.54) is 0 Å². The maximum absolute atomic E-state index is 12.3. The molecule has 8 nitrogen and oxygen atoms in total. The number of carbonyl (C=O) groups excluding carboxylic acids is 2. The summed E-state index contributed by atoms with van der Waals surface area (Å²) in [6.07, 6.45) is 3.61.